The van der Waals surface area contributed by atoms with Crippen molar-refractivity contribution in [3.8, 4) is 11.5 Å². The maximum Gasteiger partial charge on any atom is 0.226 e. The van der Waals surface area contributed by atoms with Gasteiger partial charge in [-0.3, -0.25) is 4.79 Å². The number of aryl methyl sites for hydroxylation is 1. The molecule has 0 unspecified atom stereocenters. The van der Waals surface area contributed by atoms with Crippen LogP contribution in [-0.2, 0) is 4.79 Å². The lowest BCUT2D eigenvalue weighted by atomic mass is 10.0. The number of likely N-dealkylation sites (tertiary alicyclic amines) is 1. The Labute approximate surface area is 132 Å². The summed E-state index contributed by atoms with van der Waals surface area (Å²) in [5, 5.41) is 0. The highest BCUT2D eigenvalue weighted by Gasteiger charge is 2.25. The molecule has 0 radical (unpaired) electrons. The molecule has 22 heavy (non-hydrogen) atoms. The van der Waals surface area contributed by atoms with Gasteiger partial charge >= 0.3 is 0 Å². The van der Waals surface area contributed by atoms with Crippen LogP contribution in [0.3, 0.4) is 0 Å². The summed E-state index contributed by atoms with van der Waals surface area (Å²) in [5.41, 5.74) is 6.87. The van der Waals surface area contributed by atoms with Crippen LogP contribution in [0.25, 0.3) is 0 Å². The van der Waals surface area contributed by atoms with Gasteiger partial charge in [0, 0.05) is 19.1 Å². The molecule has 1 heterocycles. The quantitative estimate of drug-likeness (QED) is 0.874. The number of nitrogens with two attached hydrogens (primary N) is 1. The fraction of sp³-hybridized carbons (Fsp3) is 0.588. The summed E-state index contributed by atoms with van der Waals surface area (Å²) >= 11 is 0. The summed E-state index contributed by atoms with van der Waals surface area (Å²) in [6.45, 7) is 3.71. The van der Waals surface area contributed by atoms with Crippen LogP contribution in [-0.4, -0.2) is 43.7 Å². The van der Waals surface area contributed by atoms with Gasteiger partial charge in [0.15, 0.2) is 11.5 Å². The number of benzene rings is 1. The van der Waals surface area contributed by atoms with Crippen molar-refractivity contribution in [1.82, 2.24) is 4.90 Å². The van der Waals surface area contributed by atoms with Crippen LogP contribution in [0.4, 0.5) is 0 Å². The van der Waals surface area contributed by atoms with E-state index in [0.717, 1.165) is 31.4 Å². The van der Waals surface area contributed by atoms with Gasteiger partial charge in [-0.25, -0.2) is 0 Å². The third-order valence-corrected chi connectivity index (χ3v) is 4.11. The van der Waals surface area contributed by atoms with Crippen molar-refractivity contribution in [2.45, 2.75) is 38.6 Å². The number of piperidine rings is 1. The zero-order chi connectivity index (χ0) is 15.9. The van der Waals surface area contributed by atoms with E-state index < -0.39 is 0 Å². The van der Waals surface area contributed by atoms with Crippen molar-refractivity contribution in [2.75, 3.05) is 26.8 Å². The molecule has 5 nitrogen and oxygen atoms in total. The van der Waals surface area contributed by atoms with Crippen molar-refractivity contribution >= 4 is 5.91 Å². The van der Waals surface area contributed by atoms with Gasteiger partial charge in [-0.2, -0.15) is 0 Å². The Bertz CT molecular complexity index is 505. The first kappa shape index (κ1) is 16.6. The van der Waals surface area contributed by atoms with Gasteiger partial charge in [0.05, 0.1) is 20.1 Å². The summed E-state index contributed by atoms with van der Waals surface area (Å²) in [6, 6.07) is 5.96. The lowest BCUT2D eigenvalue weighted by molar-refractivity contribution is -0.135. The van der Waals surface area contributed by atoms with E-state index in [9.17, 15) is 4.79 Å². The first-order valence-electron chi connectivity index (χ1n) is 7.92. The third-order valence-electron chi connectivity index (χ3n) is 4.11. The second kappa shape index (κ2) is 8.03. The van der Waals surface area contributed by atoms with Crippen molar-refractivity contribution in [3.63, 3.8) is 0 Å². The monoisotopic (exact) mass is 306 g/mol. The van der Waals surface area contributed by atoms with E-state index in [1.54, 1.807) is 7.11 Å². The predicted octanol–water partition coefficient (Wildman–Crippen LogP) is 2.11. The molecule has 122 valence electrons. The fourth-order valence-electron chi connectivity index (χ4n) is 2.86. The number of carbonyl (C=O) groups excluding carboxylic acids is 1. The molecular formula is C17H26N2O3. The molecule has 1 aliphatic rings. The van der Waals surface area contributed by atoms with Gasteiger partial charge in [0.1, 0.15) is 0 Å². The molecule has 0 aliphatic carbocycles. The Morgan fingerprint density at radius 1 is 1.36 bits per heavy atom. The third kappa shape index (κ3) is 4.13. The average Bonchev–Trinajstić information content (AvgIpc) is 2.55. The molecule has 2 N–H and O–H groups in total. The number of hydrogen-bond acceptors (Lipinski definition) is 4. The smallest absolute Gasteiger partial charge is 0.226 e. The Balaban J connectivity index is 1.86. The van der Waals surface area contributed by atoms with Gasteiger partial charge in [0.25, 0.3) is 0 Å². The van der Waals surface area contributed by atoms with Gasteiger partial charge in [-0.15, -0.1) is 0 Å². The van der Waals surface area contributed by atoms with Crippen LogP contribution < -0.4 is 15.2 Å². The van der Waals surface area contributed by atoms with Crippen molar-refractivity contribution < 1.29 is 14.3 Å². The minimum absolute atomic E-state index is 0.126. The summed E-state index contributed by atoms with van der Waals surface area (Å²) in [4.78, 5) is 14.2. The highest BCUT2D eigenvalue weighted by atomic mass is 16.5. The molecule has 5 heteroatoms. The number of amides is 1. The zero-order valence-electron chi connectivity index (χ0n) is 13.5. The number of methoxy groups -OCH3 is 1. The summed E-state index contributed by atoms with van der Waals surface area (Å²) in [6.07, 6.45) is 3.60. The van der Waals surface area contributed by atoms with Crippen molar-refractivity contribution in [2.24, 2.45) is 5.73 Å². The molecule has 0 aromatic heterocycles. The predicted molar refractivity (Wildman–Crippen MR) is 86.2 cm³/mol. The summed E-state index contributed by atoms with van der Waals surface area (Å²) in [5.74, 6) is 1.50. The standard InChI is InChI=1S/C17H26N2O3/c1-13-6-7-15(16(11-13)21-2)22-10-8-17(20)19-9-4-3-5-14(19)12-18/h6-7,11,14H,3-5,8-10,12,18H2,1-2H3/t14-/m1/s1. The molecule has 0 saturated carbocycles. The van der Waals surface area contributed by atoms with Gasteiger partial charge in [0.2, 0.25) is 5.91 Å². The van der Waals surface area contributed by atoms with E-state index in [0.29, 0.717) is 31.1 Å². The van der Waals surface area contributed by atoms with E-state index in [2.05, 4.69) is 0 Å². The first-order chi connectivity index (χ1) is 10.7. The highest BCUT2D eigenvalue weighted by molar-refractivity contribution is 5.76. The number of rotatable bonds is 6. The molecule has 1 fully saturated rings. The van der Waals surface area contributed by atoms with Crippen LogP contribution in [0, 0.1) is 6.92 Å². The molecule has 1 aromatic carbocycles. The molecule has 1 atom stereocenters. The number of nitrogens with zero attached hydrogens (tertiary/aromatic N) is 1. The molecule has 0 bridgehead atoms. The van der Waals surface area contributed by atoms with Crippen LogP contribution in [0.1, 0.15) is 31.2 Å². The van der Waals surface area contributed by atoms with Crippen LogP contribution in [0.15, 0.2) is 18.2 Å². The Hall–Kier alpha value is -1.75. The highest BCUT2D eigenvalue weighted by Crippen LogP contribution is 2.28. The SMILES string of the molecule is COc1cc(C)ccc1OCCC(=O)N1CCCC[C@@H]1CN. The van der Waals surface area contributed by atoms with Gasteiger partial charge in [-0.05, 0) is 43.9 Å². The average molecular weight is 306 g/mol. The van der Waals surface area contributed by atoms with Crippen LogP contribution in [0.2, 0.25) is 0 Å². The lowest BCUT2D eigenvalue weighted by Gasteiger charge is -2.35. The molecule has 1 aliphatic heterocycles. The van der Waals surface area contributed by atoms with Crippen LogP contribution >= 0.6 is 0 Å². The second-order valence-electron chi connectivity index (χ2n) is 5.73. The number of carbonyl (C=O) groups is 1. The van der Waals surface area contributed by atoms with E-state index in [1.165, 1.54) is 0 Å². The fourth-order valence-corrected chi connectivity index (χ4v) is 2.86. The first-order valence-corrected chi connectivity index (χ1v) is 7.92. The van der Waals surface area contributed by atoms with E-state index in [-0.39, 0.29) is 11.9 Å². The summed E-state index contributed by atoms with van der Waals surface area (Å²) in [7, 11) is 1.62. The minimum atomic E-state index is 0.126. The molecule has 1 aromatic rings. The number of hydrogen-bond donors (Lipinski definition) is 1. The molecule has 1 saturated heterocycles. The Morgan fingerprint density at radius 3 is 2.91 bits per heavy atom. The lowest BCUT2D eigenvalue weighted by Crippen LogP contribution is -2.47. The van der Waals surface area contributed by atoms with Crippen molar-refractivity contribution in [3.05, 3.63) is 23.8 Å². The van der Waals surface area contributed by atoms with Gasteiger partial charge in [-0.1, -0.05) is 6.07 Å². The van der Waals surface area contributed by atoms with Crippen LogP contribution in [0.5, 0.6) is 11.5 Å². The van der Waals surface area contributed by atoms with Gasteiger partial charge < -0.3 is 20.1 Å². The van der Waals surface area contributed by atoms with Crippen molar-refractivity contribution in [1.29, 1.82) is 0 Å². The maximum absolute atomic E-state index is 12.3. The van der Waals surface area contributed by atoms with E-state index in [1.807, 2.05) is 30.0 Å². The topological polar surface area (TPSA) is 64.8 Å². The zero-order valence-corrected chi connectivity index (χ0v) is 13.5. The minimum Gasteiger partial charge on any atom is -0.493 e. The summed E-state index contributed by atoms with van der Waals surface area (Å²) < 4.78 is 11.0. The van der Waals surface area contributed by atoms with E-state index >= 15 is 0 Å². The normalized spacial score (nSPS) is 18.1. The maximum atomic E-state index is 12.3. The largest absolute Gasteiger partial charge is 0.493 e. The molecule has 1 amide bonds. The Kier molecular flexibility index (Phi) is 6.07. The Morgan fingerprint density at radius 2 is 2.18 bits per heavy atom. The molecule has 2 rings (SSSR count). The molecule has 0 spiro atoms. The molecular weight excluding hydrogens is 280 g/mol. The number of ether oxygens (including phenoxy) is 2. The second-order valence-corrected chi connectivity index (χ2v) is 5.73. The van der Waals surface area contributed by atoms with E-state index in [4.69, 9.17) is 15.2 Å².